The number of carbonyl (C=O) groups excluding carboxylic acids is 1. The van der Waals surface area contributed by atoms with Gasteiger partial charge >= 0.3 is 0 Å². The van der Waals surface area contributed by atoms with Gasteiger partial charge < -0.3 is 10.6 Å². The first-order chi connectivity index (χ1) is 9.59. The second kappa shape index (κ2) is 6.79. The van der Waals surface area contributed by atoms with Crippen molar-refractivity contribution in [2.45, 2.75) is 44.6 Å². The molecule has 1 saturated carbocycles. The quantitative estimate of drug-likeness (QED) is 0.686. The fourth-order valence-corrected chi connectivity index (χ4v) is 2.78. The predicted octanol–water partition coefficient (Wildman–Crippen LogP) is 2.51. The van der Waals surface area contributed by atoms with Crippen molar-refractivity contribution in [3.63, 3.8) is 0 Å². The molecule has 0 saturated heterocycles. The molecular weight excluding hydrogens is 270 g/mol. The first kappa shape index (κ1) is 14.9. The van der Waals surface area contributed by atoms with E-state index < -0.39 is 0 Å². The number of nitrogens with zero attached hydrogens (tertiary/aromatic N) is 2. The lowest BCUT2D eigenvalue weighted by Gasteiger charge is -2.26. The van der Waals surface area contributed by atoms with Crippen molar-refractivity contribution in [2.75, 3.05) is 7.05 Å². The van der Waals surface area contributed by atoms with Crippen LogP contribution in [0.3, 0.4) is 0 Å². The molecule has 0 unspecified atom stereocenters. The molecule has 1 amide bonds. The molecule has 1 fully saturated rings. The number of rotatable bonds is 3. The van der Waals surface area contributed by atoms with E-state index in [1.807, 2.05) is 11.9 Å². The molecule has 0 radical (unpaired) electrons. The average molecular weight is 291 g/mol. The van der Waals surface area contributed by atoms with Crippen LogP contribution in [0, 0.1) is 0 Å². The molecule has 108 valence electrons. The Morgan fingerprint density at radius 1 is 1.30 bits per heavy atom. The van der Waals surface area contributed by atoms with Gasteiger partial charge in [-0.1, -0.05) is 37.9 Å². The minimum absolute atomic E-state index is 0.0219. The van der Waals surface area contributed by atoms with E-state index in [0.29, 0.717) is 22.3 Å². The van der Waals surface area contributed by atoms with Gasteiger partial charge in [-0.05, 0) is 25.0 Å². The second-order valence-electron chi connectivity index (χ2n) is 5.36. The predicted molar refractivity (Wildman–Crippen MR) is 83.7 cm³/mol. The van der Waals surface area contributed by atoms with E-state index in [1.54, 1.807) is 18.3 Å². The highest BCUT2D eigenvalue weighted by Crippen LogP contribution is 2.22. The number of pyridine rings is 1. The maximum absolute atomic E-state index is 12.4. The van der Waals surface area contributed by atoms with Crippen LogP contribution in [0.2, 0.25) is 0 Å². The van der Waals surface area contributed by atoms with Crippen molar-refractivity contribution in [1.82, 2.24) is 9.88 Å². The molecule has 1 heterocycles. The zero-order valence-electron chi connectivity index (χ0n) is 11.8. The lowest BCUT2D eigenvalue weighted by Crippen LogP contribution is -2.37. The summed E-state index contributed by atoms with van der Waals surface area (Å²) in [7, 11) is 1.88. The van der Waals surface area contributed by atoms with Crippen LogP contribution in [-0.2, 0) is 0 Å². The molecule has 1 aromatic rings. The van der Waals surface area contributed by atoms with Gasteiger partial charge in [-0.15, -0.1) is 0 Å². The Labute approximate surface area is 125 Å². The van der Waals surface area contributed by atoms with Crippen molar-refractivity contribution in [3.05, 3.63) is 29.6 Å². The maximum Gasteiger partial charge on any atom is 0.272 e. The number of hydrogen-bond acceptors (Lipinski definition) is 3. The van der Waals surface area contributed by atoms with E-state index in [9.17, 15) is 4.79 Å². The summed E-state index contributed by atoms with van der Waals surface area (Å²) in [6, 6.07) is 3.79. The standard InChI is InChI=1S/C15H21N3OS/c1-18(12-6-4-2-3-5-7-12)15(19)13-9-8-11(10-17-13)14(16)20/h8-10,12H,2-7H2,1H3,(H2,16,20). The van der Waals surface area contributed by atoms with Crippen LogP contribution in [0.1, 0.15) is 54.6 Å². The number of thiocarbonyl (C=S) groups is 1. The van der Waals surface area contributed by atoms with Crippen molar-refractivity contribution >= 4 is 23.1 Å². The lowest BCUT2D eigenvalue weighted by molar-refractivity contribution is 0.0712. The Balaban J connectivity index is 2.07. The van der Waals surface area contributed by atoms with Crippen molar-refractivity contribution in [1.29, 1.82) is 0 Å². The normalized spacial score (nSPS) is 16.4. The maximum atomic E-state index is 12.4. The molecule has 1 aliphatic carbocycles. The van der Waals surface area contributed by atoms with Gasteiger partial charge in [0.25, 0.3) is 5.91 Å². The molecule has 20 heavy (non-hydrogen) atoms. The summed E-state index contributed by atoms with van der Waals surface area (Å²) in [5.41, 5.74) is 6.67. The third-order valence-corrected chi connectivity index (χ3v) is 4.20. The van der Waals surface area contributed by atoms with Crippen molar-refractivity contribution < 1.29 is 4.79 Å². The number of aromatic nitrogens is 1. The molecule has 0 bridgehead atoms. The molecule has 0 aromatic carbocycles. The van der Waals surface area contributed by atoms with E-state index in [0.717, 1.165) is 12.8 Å². The van der Waals surface area contributed by atoms with Gasteiger partial charge in [-0.2, -0.15) is 0 Å². The van der Waals surface area contributed by atoms with E-state index >= 15 is 0 Å². The summed E-state index contributed by atoms with van der Waals surface area (Å²) in [6.07, 6.45) is 8.71. The first-order valence-corrected chi connectivity index (χ1v) is 7.53. The average Bonchev–Trinajstić information content (AvgIpc) is 2.75. The largest absolute Gasteiger partial charge is 0.389 e. The molecule has 1 aliphatic rings. The van der Waals surface area contributed by atoms with Crippen molar-refractivity contribution in [2.24, 2.45) is 5.73 Å². The zero-order chi connectivity index (χ0) is 14.5. The Hall–Kier alpha value is -1.49. The van der Waals surface area contributed by atoms with Gasteiger partial charge in [0.05, 0.1) is 0 Å². The summed E-state index contributed by atoms with van der Waals surface area (Å²) in [6.45, 7) is 0. The number of nitrogens with two attached hydrogens (primary N) is 1. The fourth-order valence-electron chi connectivity index (χ4n) is 2.66. The highest BCUT2D eigenvalue weighted by Gasteiger charge is 2.22. The minimum Gasteiger partial charge on any atom is -0.389 e. The van der Waals surface area contributed by atoms with Gasteiger partial charge in [0.15, 0.2) is 0 Å². The topological polar surface area (TPSA) is 59.2 Å². The van der Waals surface area contributed by atoms with E-state index in [4.69, 9.17) is 18.0 Å². The third-order valence-electron chi connectivity index (χ3n) is 3.96. The van der Waals surface area contributed by atoms with Gasteiger partial charge in [-0.25, -0.2) is 0 Å². The smallest absolute Gasteiger partial charge is 0.272 e. The second-order valence-corrected chi connectivity index (χ2v) is 5.80. The molecule has 1 aromatic heterocycles. The van der Waals surface area contributed by atoms with Gasteiger partial charge in [0.2, 0.25) is 0 Å². The summed E-state index contributed by atoms with van der Waals surface area (Å²) in [5, 5.41) is 0. The molecule has 4 nitrogen and oxygen atoms in total. The van der Waals surface area contributed by atoms with Gasteiger partial charge in [-0.3, -0.25) is 9.78 Å². The van der Waals surface area contributed by atoms with Crippen LogP contribution in [0.25, 0.3) is 0 Å². The van der Waals surface area contributed by atoms with Crippen LogP contribution in [-0.4, -0.2) is 33.9 Å². The molecule has 2 rings (SSSR count). The Morgan fingerprint density at radius 3 is 2.45 bits per heavy atom. The SMILES string of the molecule is CN(C(=O)c1ccc(C(N)=S)cn1)C1CCCCCC1. The number of carbonyl (C=O) groups is 1. The molecule has 0 spiro atoms. The van der Waals surface area contributed by atoms with Crippen molar-refractivity contribution in [3.8, 4) is 0 Å². The lowest BCUT2D eigenvalue weighted by atomic mass is 10.1. The summed E-state index contributed by atoms with van der Waals surface area (Å²) < 4.78 is 0. The van der Waals surface area contributed by atoms with E-state index in [-0.39, 0.29) is 5.91 Å². The zero-order valence-corrected chi connectivity index (χ0v) is 12.7. The monoisotopic (exact) mass is 291 g/mol. The molecule has 0 aliphatic heterocycles. The van der Waals surface area contributed by atoms with Crippen LogP contribution in [0.15, 0.2) is 18.3 Å². The number of amides is 1. The summed E-state index contributed by atoms with van der Waals surface area (Å²) >= 11 is 4.88. The Morgan fingerprint density at radius 2 is 1.95 bits per heavy atom. The first-order valence-electron chi connectivity index (χ1n) is 7.12. The van der Waals surface area contributed by atoms with E-state index in [1.165, 1.54) is 25.7 Å². The number of hydrogen-bond donors (Lipinski definition) is 1. The highest BCUT2D eigenvalue weighted by molar-refractivity contribution is 7.80. The molecule has 5 heteroatoms. The van der Waals surface area contributed by atoms with Crippen LogP contribution >= 0.6 is 12.2 Å². The van der Waals surface area contributed by atoms with Gasteiger partial charge in [0.1, 0.15) is 10.7 Å². The fraction of sp³-hybridized carbons (Fsp3) is 0.533. The van der Waals surface area contributed by atoms with Crippen LogP contribution < -0.4 is 5.73 Å². The Kier molecular flexibility index (Phi) is 5.06. The molecule has 2 N–H and O–H groups in total. The molecule has 0 atom stereocenters. The Bertz CT molecular complexity index is 478. The van der Waals surface area contributed by atoms with Crippen LogP contribution in [0.4, 0.5) is 0 Å². The van der Waals surface area contributed by atoms with Crippen LogP contribution in [0.5, 0.6) is 0 Å². The summed E-state index contributed by atoms with van der Waals surface area (Å²) in [4.78, 5) is 18.8. The molecular formula is C15H21N3OS. The minimum atomic E-state index is -0.0219. The third kappa shape index (κ3) is 3.54. The van der Waals surface area contributed by atoms with E-state index in [2.05, 4.69) is 4.98 Å². The summed E-state index contributed by atoms with van der Waals surface area (Å²) in [5.74, 6) is -0.0219. The van der Waals surface area contributed by atoms with Gasteiger partial charge in [0, 0.05) is 24.8 Å². The highest BCUT2D eigenvalue weighted by atomic mass is 32.1.